The number of H-pyrrole nitrogens is 1. The lowest BCUT2D eigenvalue weighted by Gasteiger charge is -2.02. The minimum Gasteiger partial charge on any atom is -0.461 e. The third-order valence-corrected chi connectivity index (χ3v) is 3.27. The number of carbonyl (C=O) groups is 1. The molecule has 0 unspecified atom stereocenters. The Kier molecular flexibility index (Phi) is 3.64. The predicted molar refractivity (Wildman–Crippen MR) is 83.0 cm³/mol. The average molecular weight is 295 g/mol. The number of ether oxygens (including phenoxy) is 1. The van der Waals surface area contributed by atoms with Crippen LogP contribution in [0, 0.1) is 0 Å². The van der Waals surface area contributed by atoms with Gasteiger partial charge in [-0.3, -0.25) is 0 Å². The van der Waals surface area contributed by atoms with Gasteiger partial charge in [0.25, 0.3) is 0 Å². The fourth-order valence-electron chi connectivity index (χ4n) is 2.28. The van der Waals surface area contributed by atoms with Crippen molar-refractivity contribution >= 4 is 33.5 Å². The van der Waals surface area contributed by atoms with Gasteiger partial charge in [0.15, 0.2) is 0 Å². The Bertz CT molecular complexity index is 909. The minimum atomic E-state index is -0.440. The molecule has 2 aromatic heterocycles. The number of azide groups is 1. The van der Waals surface area contributed by atoms with Crippen LogP contribution in [0.25, 0.3) is 32.2 Å². The van der Waals surface area contributed by atoms with Crippen LogP contribution in [0.4, 0.5) is 5.69 Å². The molecule has 0 aliphatic heterocycles. The summed E-state index contributed by atoms with van der Waals surface area (Å²) in [6.45, 7) is 2.30. The van der Waals surface area contributed by atoms with E-state index in [-0.39, 0.29) is 5.69 Å². The highest BCUT2D eigenvalue weighted by Crippen LogP contribution is 2.29. The Hall–Kier alpha value is -3.05. The van der Waals surface area contributed by atoms with Gasteiger partial charge in [-0.15, -0.1) is 0 Å². The van der Waals surface area contributed by atoms with Crippen LogP contribution in [0.2, 0.25) is 0 Å². The lowest BCUT2D eigenvalue weighted by atomic mass is 10.1. The van der Waals surface area contributed by atoms with E-state index in [1.165, 1.54) is 0 Å². The van der Waals surface area contributed by atoms with Crippen LogP contribution in [0.1, 0.15) is 23.8 Å². The molecule has 0 aliphatic rings. The molecule has 0 saturated carbocycles. The first-order chi connectivity index (χ1) is 10.7. The second-order valence-electron chi connectivity index (χ2n) is 4.80. The standard InChI is InChI=1S/C15H13N5O2/c1-2-5-22-15(21)13-7-11-10-6-9(19-20-16)3-4-12(10)18-14(11)8-17-13/h3-4,6-8,18H,2,5H2,1H3. The molecular weight excluding hydrogens is 282 g/mol. The maximum Gasteiger partial charge on any atom is 0.356 e. The van der Waals surface area contributed by atoms with E-state index in [9.17, 15) is 4.79 Å². The van der Waals surface area contributed by atoms with Crippen LogP contribution >= 0.6 is 0 Å². The number of hydrogen-bond acceptors (Lipinski definition) is 4. The largest absolute Gasteiger partial charge is 0.461 e. The van der Waals surface area contributed by atoms with Crippen molar-refractivity contribution in [3.05, 3.63) is 46.6 Å². The number of nitrogens with zero attached hydrogens (tertiary/aromatic N) is 4. The molecule has 0 radical (unpaired) electrons. The van der Waals surface area contributed by atoms with Crippen molar-refractivity contribution in [3.63, 3.8) is 0 Å². The SMILES string of the molecule is CCCOC(=O)c1cc2c(cn1)[nH]c1ccc(N=[N+]=[N-])cc12. The van der Waals surface area contributed by atoms with Crippen molar-refractivity contribution in [2.45, 2.75) is 13.3 Å². The Morgan fingerprint density at radius 1 is 1.36 bits per heavy atom. The van der Waals surface area contributed by atoms with Crippen molar-refractivity contribution in [1.82, 2.24) is 9.97 Å². The van der Waals surface area contributed by atoms with E-state index in [1.807, 2.05) is 13.0 Å². The smallest absolute Gasteiger partial charge is 0.356 e. The number of rotatable bonds is 4. The second kappa shape index (κ2) is 5.75. The predicted octanol–water partition coefficient (Wildman–Crippen LogP) is 4.22. The summed E-state index contributed by atoms with van der Waals surface area (Å²) >= 11 is 0. The maximum absolute atomic E-state index is 11.9. The van der Waals surface area contributed by atoms with E-state index >= 15 is 0 Å². The summed E-state index contributed by atoms with van der Waals surface area (Å²) in [4.78, 5) is 22.0. The van der Waals surface area contributed by atoms with Gasteiger partial charge in [-0.1, -0.05) is 18.1 Å². The van der Waals surface area contributed by atoms with Gasteiger partial charge in [-0.25, -0.2) is 9.78 Å². The van der Waals surface area contributed by atoms with Crippen molar-refractivity contribution in [1.29, 1.82) is 0 Å². The first-order valence-electron chi connectivity index (χ1n) is 6.86. The summed E-state index contributed by atoms with van der Waals surface area (Å²) in [5.74, 6) is -0.440. The van der Waals surface area contributed by atoms with Gasteiger partial charge in [0.2, 0.25) is 0 Å². The molecule has 22 heavy (non-hydrogen) atoms. The van der Waals surface area contributed by atoms with Gasteiger partial charge in [-0.05, 0) is 30.2 Å². The van der Waals surface area contributed by atoms with Crippen molar-refractivity contribution < 1.29 is 9.53 Å². The molecule has 7 heteroatoms. The number of hydrogen-bond donors (Lipinski definition) is 1. The van der Waals surface area contributed by atoms with Gasteiger partial charge in [0.05, 0.1) is 18.3 Å². The van der Waals surface area contributed by atoms with Crippen LogP contribution in [-0.2, 0) is 4.74 Å². The first-order valence-corrected chi connectivity index (χ1v) is 6.86. The molecule has 1 N–H and O–H groups in total. The molecule has 0 atom stereocenters. The molecule has 0 fully saturated rings. The van der Waals surface area contributed by atoms with Gasteiger partial charge in [0, 0.05) is 26.9 Å². The molecule has 0 aliphatic carbocycles. The van der Waals surface area contributed by atoms with Crippen LogP contribution in [0.15, 0.2) is 35.6 Å². The van der Waals surface area contributed by atoms with Crippen molar-refractivity contribution in [2.24, 2.45) is 5.11 Å². The zero-order valence-electron chi connectivity index (χ0n) is 11.9. The fourth-order valence-corrected chi connectivity index (χ4v) is 2.28. The van der Waals surface area contributed by atoms with E-state index in [2.05, 4.69) is 20.0 Å². The minimum absolute atomic E-state index is 0.260. The Morgan fingerprint density at radius 2 is 2.18 bits per heavy atom. The third-order valence-electron chi connectivity index (χ3n) is 3.27. The lowest BCUT2D eigenvalue weighted by Crippen LogP contribution is -2.07. The summed E-state index contributed by atoms with van der Waals surface area (Å²) < 4.78 is 5.10. The highest BCUT2D eigenvalue weighted by atomic mass is 16.5. The zero-order chi connectivity index (χ0) is 15.5. The van der Waals surface area contributed by atoms with E-state index in [0.717, 1.165) is 28.2 Å². The van der Waals surface area contributed by atoms with E-state index in [4.69, 9.17) is 10.3 Å². The molecule has 2 heterocycles. The molecule has 3 rings (SSSR count). The molecule has 7 nitrogen and oxygen atoms in total. The quantitative estimate of drug-likeness (QED) is 0.337. The fraction of sp³-hybridized carbons (Fsp3) is 0.200. The number of carbonyl (C=O) groups excluding carboxylic acids is 1. The summed E-state index contributed by atoms with van der Waals surface area (Å²) in [5.41, 5.74) is 11.0. The molecule has 0 bridgehead atoms. The average Bonchev–Trinajstić information content (AvgIpc) is 2.90. The maximum atomic E-state index is 11.9. The van der Waals surface area contributed by atoms with Gasteiger partial charge >= 0.3 is 5.97 Å². The Labute approximate surface area is 125 Å². The number of esters is 1. The molecule has 1 aromatic carbocycles. The molecule has 3 aromatic rings. The summed E-state index contributed by atoms with van der Waals surface area (Å²) in [5, 5.41) is 5.30. The molecule has 0 saturated heterocycles. The number of aromatic amines is 1. The van der Waals surface area contributed by atoms with Crippen LogP contribution in [0.5, 0.6) is 0 Å². The normalized spacial score (nSPS) is 10.6. The second-order valence-corrected chi connectivity index (χ2v) is 4.80. The van der Waals surface area contributed by atoms with E-state index in [0.29, 0.717) is 12.3 Å². The molecular formula is C15H13N5O2. The highest BCUT2D eigenvalue weighted by Gasteiger charge is 2.12. The number of nitrogens with one attached hydrogen (secondary N) is 1. The monoisotopic (exact) mass is 295 g/mol. The van der Waals surface area contributed by atoms with Gasteiger partial charge in [0.1, 0.15) is 5.69 Å². The number of pyridine rings is 1. The van der Waals surface area contributed by atoms with Gasteiger partial charge in [-0.2, -0.15) is 0 Å². The summed E-state index contributed by atoms with van der Waals surface area (Å²) in [7, 11) is 0. The summed E-state index contributed by atoms with van der Waals surface area (Å²) in [6.07, 6.45) is 2.36. The number of aromatic nitrogens is 2. The zero-order valence-corrected chi connectivity index (χ0v) is 11.9. The highest BCUT2D eigenvalue weighted by molar-refractivity contribution is 6.09. The topological polar surface area (TPSA) is 104 Å². The molecule has 0 spiro atoms. The van der Waals surface area contributed by atoms with Crippen LogP contribution < -0.4 is 0 Å². The van der Waals surface area contributed by atoms with Crippen molar-refractivity contribution in [2.75, 3.05) is 6.61 Å². The number of benzene rings is 1. The van der Waals surface area contributed by atoms with E-state index < -0.39 is 5.97 Å². The Morgan fingerprint density at radius 3 is 2.95 bits per heavy atom. The lowest BCUT2D eigenvalue weighted by molar-refractivity contribution is 0.0498. The van der Waals surface area contributed by atoms with E-state index in [1.54, 1.807) is 24.4 Å². The molecule has 0 amide bonds. The van der Waals surface area contributed by atoms with Crippen LogP contribution in [0.3, 0.4) is 0 Å². The first kappa shape index (κ1) is 13.9. The Balaban J connectivity index is 2.12. The van der Waals surface area contributed by atoms with Crippen LogP contribution in [-0.4, -0.2) is 22.5 Å². The van der Waals surface area contributed by atoms with Crippen molar-refractivity contribution in [3.8, 4) is 0 Å². The summed E-state index contributed by atoms with van der Waals surface area (Å²) in [6, 6.07) is 7.01. The number of fused-ring (bicyclic) bond motifs is 3. The third kappa shape index (κ3) is 2.45. The van der Waals surface area contributed by atoms with Gasteiger partial charge < -0.3 is 9.72 Å². The molecule has 110 valence electrons.